The maximum absolute atomic E-state index is 10.7. The van der Waals surface area contributed by atoms with E-state index in [2.05, 4.69) is 0 Å². The highest BCUT2D eigenvalue weighted by molar-refractivity contribution is 5.84. The quantitative estimate of drug-likeness (QED) is 0.547. The van der Waals surface area contributed by atoms with E-state index in [9.17, 15) is 4.79 Å². The van der Waals surface area contributed by atoms with Gasteiger partial charge in [-0.15, -0.1) is 0 Å². The van der Waals surface area contributed by atoms with Crippen LogP contribution in [-0.2, 0) is 4.79 Å². The van der Waals surface area contributed by atoms with Crippen LogP contribution in [0.25, 0.3) is 0 Å². The van der Waals surface area contributed by atoms with Crippen molar-refractivity contribution in [3.63, 3.8) is 0 Å². The molecular weight excluding hydrogens is 120 g/mol. The number of ketones is 1. The van der Waals surface area contributed by atoms with Gasteiger partial charge in [0.2, 0.25) is 0 Å². The van der Waals surface area contributed by atoms with Gasteiger partial charge in [-0.25, -0.2) is 0 Å². The second-order valence-electron chi connectivity index (χ2n) is 2.26. The second-order valence-corrected chi connectivity index (χ2v) is 2.26. The van der Waals surface area contributed by atoms with Crippen molar-refractivity contribution in [2.45, 2.75) is 20.0 Å². The van der Waals surface area contributed by atoms with Gasteiger partial charge in [0.15, 0.2) is 5.78 Å². The Morgan fingerprint density at radius 1 is 1.56 bits per heavy atom. The third-order valence-electron chi connectivity index (χ3n) is 1.07. The molecule has 0 aromatic carbocycles. The van der Waals surface area contributed by atoms with Crippen LogP contribution in [-0.4, -0.2) is 28.7 Å². The van der Waals surface area contributed by atoms with Crippen LogP contribution >= 0.6 is 0 Å². The van der Waals surface area contributed by atoms with E-state index in [-0.39, 0.29) is 11.7 Å². The van der Waals surface area contributed by atoms with Gasteiger partial charge in [-0.05, 0) is 0 Å². The van der Waals surface area contributed by atoms with Crippen molar-refractivity contribution >= 4 is 5.78 Å². The monoisotopic (exact) mass is 132 g/mol. The van der Waals surface area contributed by atoms with Crippen molar-refractivity contribution in [3.8, 4) is 0 Å². The average molecular weight is 132 g/mol. The fraction of sp³-hybridized carbons (Fsp3) is 0.833. The first-order valence-electron chi connectivity index (χ1n) is 2.92. The summed E-state index contributed by atoms with van der Waals surface area (Å²) in [6.45, 7) is 2.89. The minimum absolute atomic E-state index is 0.202. The number of carbonyl (C=O) groups is 1. The van der Waals surface area contributed by atoms with Gasteiger partial charge in [0.05, 0.1) is 6.61 Å². The molecular formula is C6H12O3. The van der Waals surface area contributed by atoms with Crippen molar-refractivity contribution in [3.05, 3.63) is 0 Å². The molecule has 0 fully saturated rings. The molecule has 0 heterocycles. The lowest BCUT2D eigenvalue weighted by molar-refractivity contribution is -0.131. The zero-order chi connectivity index (χ0) is 7.44. The molecule has 0 bridgehead atoms. The minimum atomic E-state index is -1.19. The Hall–Kier alpha value is -0.410. The number of aliphatic hydroxyl groups is 2. The van der Waals surface area contributed by atoms with Crippen LogP contribution in [0.2, 0.25) is 0 Å². The van der Waals surface area contributed by atoms with E-state index in [1.807, 2.05) is 0 Å². The summed E-state index contributed by atoms with van der Waals surface area (Å²) in [4.78, 5) is 10.7. The summed E-state index contributed by atoms with van der Waals surface area (Å²) < 4.78 is 0. The Morgan fingerprint density at radius 3 is 2.11 bits per heavy atom. The Kier molecular flexibility index (Phi) is 3.42. The Balaban J connectivity index is 3.73. The number of aliphatic hydroxyl groups excluding tert-OH is 2. The predicted octanol–water partition coefficient (Wildman–Crippen LogP) is -0.435. The van der Waals surface area contributed by atoms with Crippen molar-refractivity contribution in [2.75, 3.05) is 6.61 Å². The Morgan fingerprint density at radius 2 is 2.00 bits per heavy atom. The maximum atomic E-state index is 10.7. The molecule has 0 spiro atoms. The number of rotatable bonds is 3. The average Bonchev–Trinajstić information content (AvgIpc) is 1.84. The zero-order valence-electron chi connectivity index (χ0n) is 5.66. The molecule has 0 aliphatic carbocycles. The van der Waals surface area contributed by atoms with Gasteiger partial charge in [-0.2, -0.15) is 0 Å². The van der Waals surface area contributed by atoms with E-state index < -0.39 is 12.7 Å². The lowest BCUT2D eigenvalue weighted by Crippen LogP contribution is -2.28. The van der Waals surface area contributed by atoms with Crippen molar-refractivity contribution < 1.29 is 15.0 Å². The minimum Gasteiger partial charge on any atom is -0.393 e. The van der Waals surface area contributed by atoms with E-state index in [1.165, 1.54) is 0 Å². The Bertz CT molecular complexity index is 98.5. The van der Waals surface area contributed by atoms with Crippen LogP contribution in [0.15, 0.2) is 0 Å². The highest BCUT2D eigenvalue weighted by Gasteiger charge is 2.16. The smallest absolute Gasteiger partial charge is 0.166 e. The summed E-state index contributed by atoms with van der Waals surface area (Å²) >= 11 is 0. The van der Waals surface area contributed by atoms with E-state index in [0.717, 1.165) is 0 Å². The fourth-order valence-corrected chi connectivity index (χ4v) is 0.475. The van der Waals surface area contributed by atoms with Crippen LogP contribution < -0.4 is 0 Å². The zero-order valence-corrected chi connectivity index (χ0v) is 5.66. The molecule has 1 atom stereocenters. The first kappa shape index (κ1) is 8.59. The van der Waals surface area contributed by atoms with E-state index in [0.29, 0.717) is 0 Å². The molecule has 1 unspecified atom stereocenters. The highest BCUT2D eigenvalue weighted by Crippen LogP contribution is 1.97. The molecule has 0 aromatic heterocycles. The van der Waals surface area contributed by atoms with Crippen LogP contribution in [0.4, 0.5) is 0 Å². The third-order valence-corrected chi connectivity index (χ3v) is 1.07. The number of Topliss-reactive ketones (excluding diaryl/α,β-unsaturated/α-hetero) is 1. The molecule has 0 saturated carbocycles. The van der Waals surface area contributed by atoms with Gasteiger partial charge >= 0.3 is 0 Å². The summed E-state index contributed by atoms with van der Waals surface area (Å²) in [6, 6.07) is 0. The first-order valence-corrected chi connectivity index (χ1v) is 2.92. The molecule has 54 valence electrons. The summed E-state index contributed by atoms with van der Waals surface area (Å²) in [5.74, 6) is -0.510. The van der Waals surface area contributed by atoms with Gasteiger partial charge in [0.25, 0.3) is 0 Å². The van der Waals surface area contributed by atoms with Crippen LogP contribution in [0.3, 0.4) is 0 Å². The molecule has 0 rings (SSSR count). The van der Waals surface area contributed by atoms with Crippen LogP contribution in [0.1, 0.15) is 13.8 Å². The van der Waals surface area contributed by atoms with Crippen molar-refractivity contribution in [2.24, 2.45) is 5.92 Å². The molecule has 3 heteroatoms. The molecule has 9 heavy (non-hydrogen) atoms. The lowest BCUT2D eigenvalue weighted by Gasteiger charge is -2.07. The molecule has 2 N–H and O–H groups in total. The van der Waals surface area contributed by atoms with Crippen molar-refractivity contribution in [1.29, 1.82) is 0 Å². The van der Waals surface area contributed by atoms with E-state index >= 15 is 0 Å². The largest absolute Gasteiger partial charge is 0.393 e. The lowest BCUT2D eigenvalue weighted by atomic mass is 10.1. The molecule has 0 radical (unpaired) electrons. The fourth-order valence-electron chi connectivity index (χ4n) is 0.475. The standard InChI is InChI=1S/C6H12O3/c1-4(2)6(9)5(8)3-7/h4-5,7-8H,3H2,1-2H3. The van der Waals surface area contributed by atoms with Crippen LogP contribution in [0.5, 0.6) is 0 Å². The number of carbonyl (C=O) groups excluding carboxylic acids is 1. The van der Waals surface area contributed by atoms with Gasteiger partial charge in [-0.3, -0.25) is 4.79 Å². The van der Waals surface area contributed by atoms with Crippen molar-refractivity contribution in [1.82, 2.24) is 0 Å². The molecule has 0 aliphatic heterocycles. The SMILES string of the molecule is CC(C)C(=O)C(O)CO. The highest BCUT2D eigenvalue weighted by atomic mass is 16.3. The van der Waals surface area contributed by atoms with Gasteiger partial charge in [0.1, 0.15) is 6.10 Å². The van der Waals surface area contributed by atoms with Gasteiger partial charge in [-0.1, -0.05) is 13.8 Å². The second kappa shape index (κ2) is 3.58. The number of hydrogen-bond donors (Lipinski definition) is 2. The third kappa shape index (κ3) is 2.58. The normalized spacial score (nSPS) is 13.9. The Labute approximate surface area is 54.3 Å². The van der Waals surface area contributed by atoms with Gasteiger partial charge < -0.3 is 10.2 Å². The summed E-state index contributed by atoms with van der Waals surface area (Å²) in [5.41, 5.74) is 0. The molecule has 3 nitrogen and oxygen atoms in total. The maximum Gasteiger partial charge on any atom is 0.166 e. The molecule has 0 aliphatic rings. The number of hydrogen-bond acceptors (Lipinski definition) is 3. The predicted molar refractivity (Wildman–Crippen MR) is 32.9 cm³/mol. The van der Waals surface area contributed by atoms with E-state index in [1.54, 1.807) is 13.8 Å². The van der Waals surface area contributed by atoms with Crippen LogP contribution in [0, 0.1) is 5.92 Å². The first-order chi connectivity index (χ1) is 4.09. The summed E-state index contributed by atoms with van der Waals surface area (Å²) in [7, 11) is 0. The summed E-state index contributed by atoms with van der Waals surface area (Å²) in [6.07, 6.45) is -1.19. The topological polar surface area (TPSA) is 57.5 Å². The molecule has 0 amide bonds. The van der Waals surface area contributed by atoms with E-state index in [4.69, 9.17) is 10.2 Å². The molecule has 0 saturated heterocycles. The van der Waals surface area contributed by atoms with Gasteiger partial charge in [0, 0.05) is 5.92 Å². The molecule has 0 aromatic rings. The summed E-state index contributed by atoms with van der Waals surface area (Å²) in [5, 5.41) is 17.0.